The Hall–Kier alpha value is -1.86. The van der Waals surface area contributed by atoms with E-state index in [4.69, 9.17) is 34.9 Å². The van der Waals surface area contributed by atoms with Crippen molar-refractivity contribution in [1.82, 2.24) is 24.8 Å². The number of halogens is 1. The number of benzene rings is 1. The molecule has 0 saturated carbocycles. The summed E-state index contributed by atoms with van der Waals surface area (Å²) < 4.78 is 14.0. The Labute approximate surface area is 203 Å². The highest BCUT2D eigenvalue weighted by molar-refractivity contribution is 9.10. The van der Waals surface area contributed by atoms with E-state index < -0.39 is 7.57 Å². The molecule has 6 N–H and O–H groups in total. The molecule has 11 nitrogen and oxygen atoms in total. The molecule has 0 atom stereocenters. The Kier molecular flexibility index (Phi) is 8.62. The van der Waals surface area contributed by atoms with Crippen molar-refractivity contribution in [2.75, 3.05) is 19.1 Å². The number of nitrogens with one attached hydrogen (secondary N) is 1. The van der Waals surface area contributed by atoms with E-state index in [0.717, 1.165) is 51.2 Å². The predicted octanol–water partition coefficient (Wildman–Crippen LogP) is 2.60. The summed E-state index contributed by atoms with van der Waals surface area (Å²) in [6, 6.07) is 4.32. The number of hydrogen-bond donors (Lipinski definition) is 5. The quantitative estimate of drug-likeness (QED) is 0.213. The summed E-state index contributed by atoms with van der Waals surface area (Å²) in [7, 11) is -3.64. The standard InChI is InChI=1S/C18H21BrN6O2S.CH5O3P/c1-10(2)21-4-3-5-25-17-15(16(20)22-8-23-17)24-18(25)28-14-7-13-12(6-11(14)19)26-9-27-13;1-5(2,3)4/h6-8,10,21H,3-5,9H2,1-2H3,(H2,20,22,23);2-4H,1H2. The number of hydrogen-bond acceptors (Lipinski definition) is 11. The van der Waals surface area contributed by atoms with E-state index in [9.17, 15) is 0 Å². The Morgan fingerprint density at radius 2 is 1.94 bits per heavy atom. The monoisotopic (exact) mass is 560 g/mol. The molecule has 0 spiro atoms. The summed E-state index contributed by atoms with van der Waals surface area (Å²) >= 11 is 5.15. The number of nitrogen functional groups attached to an aromatic ring is 1. The lowest BCUT2D eigenvalue weighted by molar-refractivity contribution is 0.174. The lowest BCUT2D eigenvalue weighted by Gasteiger charge is -2.11. The molecule has 0 saturated heterocycles. The maximum atomic E-state index is 7.63. The Balaban J connectivity index is 0.000000555. The molecular formula is C19H26BrN6O5PS. The van der Waals surface area contributed by atoms with Crippen molar-refractivity contribution < 1.29 is 24.2 Å². The smallest absolute Gasteiger partial charge is 0.242 e. The number of nitrogens with zero attached hydrogens (tertiary/aromatic N) is 4. The fraction of sp³-hybridized carbons (Fsp3) is 0.368. The zero-order valence-electron chi connectivity index (χ0n) is 18.1. The minimum atomic E-state index is -3.64. The normalized spacial score (nSPS) is 12.8. The highest BCUT2D eigenvalue weighted by Gasteiger charge is 2.20. The molecule has 1 aliphatic rings. The first-order valence-corrected chi connectivity index (χ1v) is 13.4. The minimum absolute atomic E-state index is 0.239. The molecule has 0 aliphatic carbocycles. The van der Waals surface area contributed by atoms with Crippen LogP contribution in [0.15, 0.2) is 33.0 Å². The van der Waals surface area contributed by atoms with Crippen molar-refractivity contribution in [2.24, 2.45) is 0 Å². The van der Waals surface area contributed by atoms with Crippen LogP contribution in [-0.2, 0) is 6.54 Å². The zero-order valence-corrected chi connectivity index (χ0v) is 21.4. The fourth-order valence-electron chi connectivity index (χ4n) is 2.92. The van der Waals surface area contributed by atoms with Crippen LogP contribution < -0.4 is 20.5 Å². The molecule has 3 heterocycles. The average Bonchev–Trinajstić information content (AvgIpc) is 3.29. The minimum Gasteiger partial charge on any atom is -0.454 e. The lowest BCUT2D eigenvalue weighted by atomic mass is 10.3. The van der Waals surface area contributed by atoms with Gasteiger partial charge in [0.2, 0.25) is 14.4 Å². The van der Waals surface area contributed by atoms with E-state index in [0.29, 0.717) is 17.4 Å². The molecule has 1 aliphatic heterocycles. The third-order valence-corrected chi connectivity index (χ3v) is 6.24. The molecule has 0 bridgehead atoms. The Morgan fingerprint density at radius 3 is 2.61 bits per heavy atom. The number of aromatic nitrogens is 4. The molecule has 3 aromatic rings. The maximum absolute atomic E-state index is 7.63. The van der Waals surface area contributed by atoms with Gasteiger partial charge in [-0.05, 0) is 47.3 Å². The van der Waals surface area contributed by atoms with Crippen molar-refractivity contribution in [3.63, 3.8) is 0 Å². The van der Waals surface area contributed by atoms with Crippen molar-refractivity contribution in [3.8, 4) is 11.5 Å². The zero-order chi connectivity index (χ0) is 24.2. The topological polar surface area (TPSA) is 161 Å². The van der Waals surface area contributed by atoms with Gasteiger partial charge < -0.3 is 39.8 Å². The van der Waals surface area contributed by atoms with E-state index in [1.807, 2.05) is 12.1 Å². The number of ether oxygens (including phenoxy) is 2. The van der Waals surface area contributed by atoms with Crippen LogP contribution in [0.2, 0.25) is 0 Å². The van der Waals surface area contributed by atoms with Crippen LogP contribution in [0.4, 0.5) is 5.82 Å². The van der Waals surface area contributed by atoms with Gasteiger partial charge in [0.15, 0.2) is 33.6 Å². The summed E-state index contributed by atoms with van der Waals surface area (Å²) in [5, 5.41) is 4.25. The first-order valence-electron chi connectivity index (χ1n) is 9.91. The first kappa shape index (κ1) is 25.8. The molecule has 14 heteroatoms. The van der Waals surface area contributed by atoms with E-state index in [1.165, 1.54) is 18.1 Å². The number of rotatable bonds is 7. The van der Waals surface area contributed by atoms with Crippen molar-refractivity contribution >= 4 is 58.5 Å². The number of aryl methyl sites for hydroxylation is 1. The molecule has 180 valence electrons. The van der Waals surface area contributed by atoms with Crippen LogP contribution in [0, 0.1) is 0 Å². The van der Waals surface area contributed by atoms with Crippen LogP contribution in [-0.4, -0.2) is 59.9 Å². The van der Waals surface area contributed by atoms with Gasteiger partial charge in [0, 0.05) is 22.0 Å². The van der Waals surface area contributed by atoms with Gasteiger partial charge in [-0.1, -0.05) is 25.6 Å². The van der Waals surface area contributed by atoms with Gasteiger partial charge in [-0.15, -0.1) is 0 Å². The van der Waals surface area contributed by atoms with Crippen LogP contribution in [0.1, 0.15) is 20.3 Å². The van der Waals surface area contributed by atoms with Crippen LogP contribution in [0.25, 0.3) is 11.2 Å². The highest BCUT2D eigenvalue weighted by atomic mass is 79.9. The van der Waals surface area contributed by atoms with Gasteiger partial charge >= 0.3 is 0 Å². The van der Waals surface area contributed by atoms with Crippen LogP contribution >= 0.6 is 35.3 Å². The SMILES string of the molecule is C=P(O)(O)O.CC(C)NCCCn1c(Sc2cc3c(cc2Br)OCO3)nc2c(N)ncnc21. The molecule has 4 rings (SSSR count). The molecule has 0 radical (unpaired) electrons. The Morgan fingerprint density at radius 1 is 1.27 bits per heavy atom. The molecule has 1 aromatic carbocycles. The number of fused-ring (bicyclic) bond motifs is 2. The second-order valence-corrected chi connectivity index (χ2v) is 10.6. The molecule has 0 amide bonds. The average molecular weight is 561 g/mol. The van der Waals surface area contributed by atoms with Crippen molar-refractivity contribution in [3.05, 3.63) is 22.9 Å². The van der Waals surface area contributed by atoms with Crippen molar-refractivity contribution in [1.29, 1.82) is 0 Å². The molecule has 33 heavy (non-hydrogen) atoms. The summed E-state index contributed by atoms with van der Waals surface area (Å²) in [5.74, 6) is 1.85. The van der Waals surface area contributed by atoms with Gasteiger partial charge in [-0.25, -0.2) is 15.0 Å². The van der Waals surface area contributed by atoms with E-state index in [1.54, 1.807) is 0 Å². The lowest BCUT2D eigenvalue weighted by Crippen LogP contribution is -2.24. The number of anilines is 1. The van der Waals surface area contributed by atoms with Gasteiger partial charge in [0.1, 0.15) is 6.33 Å². The van der Waals surface area contributed by atoms with Gasteiger partial charge in [0.05, 0.1) is 0 Å². The van der Waals surface area contributed by atoms with E-state index >= 15 is 0 Å². The second kappa shape index (κ2) is 11.0. The summed E-state index contributed by atoms with van der Waals surface area (Å²) in [5.41, 5.74) is 7.41. The maximum Gasteiger partial charge on any atom is 0.242 e. The van der Waals surface area contributed by atoms with Gasteiger partial charge in [-0.2, -0.15) is 0 Å². The number of nitrogens with two attached hydrogens (primary N) is 1. The number of imidazole rings is 1. The predicted molar refractivity (Wildman–Crippen MR) is 133 cm³/mol. The third-order valence-electron chi connectivity index (χ3n) is 4.26. The molecule has 2 aromatic heterocycles. The fourth-order valence-corrected chi connectivity index (χ4v) is 4.43. The third kappa shape index (κ3) is 7.31. The molecule has 0 fully saturated rings. The van der Waals surface area contributed by atoms with E-state index in [-0.39, 0.29) is 6.79 Å². The summed E-state index contributed by atoms with van der Waals surface area (Å²) in [6.07, 6.45) is 4.98. The molecule has 0 unspecified atom stereocenters. The molecular weight excluding hydrogens is 535 g/mol. The Bertz CT molecular complexity index is 1160. The second-order valence-electron chi connectivity index (χ2n) is 7.37. The summed E-state index contributed by atoms with van der Waals surface area (Å²) in [6.45, 7) is 6.20. The largest absolute Gasteiger partial charge is 0.454 e. The highest BCUT2D eigenvalue weighted by Crippen LogP contribution is 2.43. The first-order chi connectivity index (χ1) is 15.5. The van der Waals surface area contributed by atoms with Gasteiger partial charge in [-0.3, -0.25) is 0 Å². The van der Waals surface area contributed by atoms with E-state index in [2.05, 4.69) is 55.9 Å². The van der Waals surface area contributed by atoms with Gasteiger partial charge in [0.25, 0.3) is 0 Å². The summed E-state index contributed by atoms with van der Waals surface area (Å²) in [4.78, 5) is 37.1. The van der Waals surface area contributed by atoms with Crippen LogP contribution in [0.5, 0.6) is 11.5 Å². The van der Waals surface area contributed by atoms with Crippen molar-refractivity contribution in [2.45, 2.75) is 42.9 Å². The van der Waals surface area contributed by atoms with Crippen LogP contribution in [0.3, 0.4) is 0 Å².